The molecule has 2 saturated heterocycles. The number of hydrogen-bond acceptors (Lipinski definition) is 20. The van der Waals surface area contributed by atoms with Crippen LogP contribution in [0.25, 0.3) is 0 Å². The number of hydrogen-bond donors (Lipinski definition) is 10. The van der Waals surface area contributed by atoms with Crippen LogP contribution in [0.2, 0.25) is 0 Å². The van der Waals surface area contributed by atoms with E-state index in [2.05, 4.69) is 26.6 Å². The number of amides is 10. The topological polar surface area (TPSA) is 431 Å². The number of unbranched alkanes of at least 4 members (excludes halogenated alkanes) is 2. The SMILES string of the molecule is CC[C@H](O)[C@@H](C)[C@H]1O[C@@H]1C[C@@](C)(O)/C=C/C=C(\C)[C@H]1OC(=O)C[C@H](O)CC[C@@](C)(OC(C)=O)[C@@H](OC(=O)N2CCN(C(=O)OCc3ccc(NC(=O)[C@H](CCCNC(N)=O)NC(=O)[C@@H](NC(=O)[C@H](CCC(=O)O)NC(=O)CCCCCN4C(=O)C=CC4=O)C(C)C)cc3)CC2)/C=C/[C@@H]1C. The number of epoxide rings is 1. The highest BCUT2D eigenvalue weighted by Crippen LogP contribution is 2.38. The number of esters is 2. The number of nitrogens with zero attached hydrogens (tertiary/aromatic N) is 3. The molecule has 548 valence electrons. The van der Waals surface area contributed by atoms with Gasteiger partial charge in [0.1, 0.15) is 36.4 Å². The van der Waals surface area contributed by atoms with Gasteiger partial charge in [-0.25, -0.2) is 14.4 Å². The van der Waals surface area contributed by atoms with Crippen molar-refractivity contribution in [1.29, 1.82) is 0 Å². The second kappa shape index (κ2) is 38.6. The van der Waals surface area contributed by atoms with Crippen LogP contribution in [0.4, 0.5) is 20.1 Å². The highest BCUT2D eigenvalue weighted by atomic mass is 16.6. The van der Waals surface area contributed by atoms with E-state index in [0.717, 1.165) is 4.90 Å². The Morgan fingerprint density at radius 2 is 1.48 bits per heavy atom. The van der Waals surface area contributed by atoms with Crippen LogP contribution in [-0.2, 0) is 73.4 Å². The van der Waals surface area contributed by atoms with Gasteiger partial charge in [0, 0.05) is 95.1 Å². The van der Waals surface area contributed by atoms with Crippen molar-refractivity contribution in [2.45, 2.75) is 218 Å². The zero-order valence-electron chi connectivity index (χ0n) is 58.1. The zero-order chi connectivity index (χ0) is 73.3. The van der Waals surface area contributed by atoms with E-state index >= 15 is 0 Å². The van der Waals surface area contributed by atoms with Gasteiger partial charge in [-0.3, -0.25) is 48.1 Å². The maximum atomic E-state index is 14.0. The lowest BCUT2D eigenvalue weighted by Gasteiger charge is -2.38. The smallest absolute Gasteiger partial charge is 0.410 e. The van der Waals surface area contributed by atoms with Gasteiger partial charge in [-0.1, -0.05) is 77.5 Å². The van der Waals surface area contributed by atoms with E-state index in [4.69, 9.17) is 29.4 Å². The minimum atomic E-state index is -1.52. The molecule has 0 aliphatic carbocycles. The molecule has 1 aromatic rings. The predicted octanol–water partition coefficient (Wildman–Crippen LogP) is 4.08. The number of piperazine rings is 1. The molecule has 4 aliphatic heterocycles. The lowest BCUT2D eigenvalue weighted by Crippen LogP contribution is -2.57. The molecule has 0 aromatic heterocycles. The second-order valence-electron chi connectivity index (χ2n) is 26.5. The Balaban J connectivity index is 1.16. The number of carbonyl (C=O) groups excluding carboxylic acids is 11. The molecule has 99 heavy (non-hydrogen) atoms. The first kappa shape index (κ1) is 80.9. The van der Waals surface area contributed by atoms with E-state index in [1.807, 2.05) is 13.8 Å². The van der Waals surface area contributed by atoms with Crippen LogP contribution >= 0.6 is 0 Å². The fourth-order valence-electron chi connectivity index (χ4n) is 11.7. The number of imide groups is 1. The molecule has 11 N–H and O–H groups in total. The van der Waals surface area contributed by atoms with Crippen molar-refractivity contribution in [1.82, 2.24) is 36.0 Å². The molecule has 4 aliphatic rings. The maximum absolute atomic E-state index is 14.0. The molecular weight excluding hydrogens is 1290 g/mol. The normalized spacial score (nSPS) is 23.7. The molecule has 1 aromatic carbocycles. The van der Waals surface area contributed by atoms with Crippen molar-refractivity contribution < 1.29 is 102 Å². The van der Waals surface area contributed by atoms with Crippen LogP contribution < -0.4 is 32.3 Å². The molecule has 30 nitrogen and oxygen atoms in total. The van der Waals surface area contributed by atoms with Gasteiger partial charge in [0.15, 0.2) is 6.10 Å². The van der Waals surface area contributed by atoms with Crippen molar-refractivity contribution in [3.8, 4) is 0 Å². The molecular formula is C69H101N9O21. The number of carboxylic acid groups (broad SMARTS) is 1. The number of rotatable bonds is 33. The quantitative estimate of drug-likeness (QED) is 0.00901. The molecule has 5 rings (SSSR count). The summed E-state index contributed by atoms with van der Waals surface area (Å²) in [5, 5.41) is 55.0. The summed E-state index contributed by atoms with van der Waals surface area (Å²) in [6.07, 6.45) is 5.77. The first-order valence-electron chi connectivity index (χ1n) is 33.8. The van der Waals surface area contributed by atoms with Gasteiger partial charge < -0.3 is 86.2 Å². The summed E-state index contributed by atoms with van der Waals surface area (Å²) < 4.78 is 29.3. The number of primary amides is 1. The van der Waals surface area contributed by atoms with Crippen LogP contribution in [0.3, 0.4) is 0 Å². The third kappa shape index (κ3) is 26.8. The minimum Gasteiger partial charge on any atom is -0.481 e. The second-order valence-corrected chi connectivity index (χ2v) is 26.5. The van der Waals surface area contributed by atoms with E-state index in [-0.39, 0.29) is 115 Å². The molecule has 10 amide bonds. The number of nitrogens with two attached hydrogens (primary N) is 1. The van der Waals surface area contributed by atoms with Crippen molar-refractivity contribution >= 4 is 77.3 Å². The summed E-state index contributed by atoms with van der Waals surface area (Å²) in [5.41, 5.74) is 3.84. The Labute approximate surface area is 577 Å². The maximum Gasteiger partial charge on any atom is 0.410 e. The number of anilines is 1. The van der Waals surface area contributed by atoms with Crippen LogP contribution in [-0.4, -0.2) is 212 Å². The lowest BCUT2D eigenvalue weighted by molar-refractivity contribution is -0.168. The number of carboxylic acids is 1. The number of aliphatic hydroxyl groups excluding tert-OH is 2. The third-order valence-corrected chi connectivity index (χ3v) is 17.7. The number of allylic oxidation sites excluding steroid dienone is 2. The molecule has 30 heteroatoms. The van der Waals surface area contributed by atoms with E-state index in [9.17, 15) is 78.0 Å². The number of urea groups is 1. The molecule has 0 radical (unpaired) electrons. The Morgan fingerprint density at radius 1 is 0.838 bits per heavy atom. The standard InChI is InChI=1S/C69H101N9O21/c1-10-51(81)44(6)61-52(96-61)39-68(8,94)30-14-16-42(4)60-43(5)19-25-53(69(9,99-45(7)79)31-29-48(80)38-58(87)98-60)97-67(93)77-36-34-76(35-37-77)66(92)95-40-46-20-22-47(23-21-46)72-62(88)49(17-15-32-71-65(70)91)74-64(90)59(41(2)3)75-63(89)50(24-28-57(85)86)73-54(82)18-12-11-13-33-78-55(83)26-27-56(78)84/h14,16,19-23,25-27,30,41,43-44,48-53,59-61,80-81,94H,10-13,15,17-18,24,28-29,31-40H2,1-9H3,(H,72,88)(H,73,82)(H,74,90)(H,75,89)(H,85,86)(H3,70,71,91)/b25-19+,30-14+,42-16+/t43-,44+,48+,49-,50-,51-,52+,53-,59-,60+,61+,68-,69+/m0/s1. The van der Waals surface area contributed by atoms with Crippen LogP contribution in [0.15, 0.2) is 72.4 Å². The van der Waals surface area contributed by atoms with Gasteiger partial charge in [0.25, 0.3) is 11.8 Å². The van der Waals surface area contributed by atoms with E-state index in [0.29, 0.717) is 43.2 Å². The van der Waals surface area contributed by atoms with Gasteiger partial charge in [-0.2, -0.15) is 0 Å². The number of aliphatic carboxylic acids is 1. The monoisotopic (exact) mass is 1390 g/mol. The first-order chi connectivity index (χ1) is 46.7. The fourth-order valence-corrected chi connectivity index (χ4v) is 11.7. The molecule has 4 heterocycles. The average Bonchev–Trinajstić information content (AvgIpc) is 1.74. The lowest BCUT2D eigenvalue weighted by atomic mass is 9.88. The average molecular weight is 1390 g/mol. The van der Waals surface area contributed by atoms with Gasteiger partial charge in [-0.05, 0) is 107 Å². The number of benzene rings is 1. The molecule has 2 fully saturated rings. The van der Waals surface area contributed by atoms with Gasteiger partial charge in [-0.15, -0.1) is 0 Å². The van der Waals surface area contributed by atoms with Crippen molar-refractivity contribution in [3.05, 3.63) is 77.9 Å². The van der Waals surface area contributed by atoms with Gasteiger partial charge >= 0.3 is 36.1 Å². The van der Waals surface area contributed by atoms with Crippen molar-refractivity contribution in [3.63, 3.8) is 0 Å². The summed E-state index contributed by atoms with van der Waals surface area (Å²) in [5.74, 6) is -7.57. The highest BCUT2D eigenvalue weighted by Gasteiger charge is 2.48. The number of carbonyl (C=O) groups is 12. The van der Waals surface area contributed by atoms with Crippen molar-refractivity contribution in [2.75, 3.05) is 44.6 Å². The number of ether oxygens (including phenoxy) is 5. The van der Waals surface area contributed by atoms with Crippen molar-refractivity contribution in [2.24, 2.45) is 23.5 Å². The molecule has 0 saturated carbocycles. The summed E-state index contributed by atoms with van der Waals surface area (Å²) >= 11 is 0. The summed E-state index contributed by atoms with van der Waals surface area (Å²) in [6.45, 7) is 15.2. The summed E-state index contributed by atoms with van der Waals surface area (Å²) in [4.78, 5) is 158. The van der Waals surface area contributed by atoms with Crippen LogP contribution in [0.5, 0.6) is 0 Å². The molecule has 0 unspecified atom stereocenters. The minimum absolute atomic E-state index is 0.0174. The zero-order valence-corrected chi connectivity index (χ0v) is 58.1. The molecule has 0 bridgehead atoms. The first-order valence-corrected chi connectivity index (χ1v) is 33.8. The largest absolute Gasteiger partial charge is 0.481 e. The van der Waals surface area contributed by atoms with Crippen LogP contribution in [0, 0.1) is 17.8 Å². The van der Waals surface area contributed by atoms with E-state index in [1.165, 1.54) is 41.0 Å². The number of aliphatic hydroxyl groups is 3. The predicted molar refractivity (Wildman–Crippen MR) is 358 cm³/mol. The van der Waals surface area contributed by atoms with Gasteiger partial charge in [0.05, 0.1) is 36.4 Å². The Morgan fingerprint density at radius 3 is 2.10 bits per heavy atom. The number of nitrogens with one attached hydrogen (secondary N) is 5. The van der Waals surface area contributed by atoms with E-state index < -0.39 is 144 Å². The fraction of sp³-hybridized carbons (Fsp3) is 0.623. The Kier molecular flexibility index (Phi) is 31.5. The third-order valence-electron chi connectivity index (χ3n) is 17.7. The van der Waals surface area contributed by atoms with Gasteiger partial charge in [0.2, 0.25) is 23.6 Å². The Hall–Kier alpha value is -8.74. The molecule has 0 spiro atoms. The summed E-state index contributed by atoms with van der Waals surface area (Å²) in [6, 6.07) is 1.55. The molecule has 13 atom stereocenters. The summed E-state index contributed by atoms with van der Waals surface area (Å²) in [7, 11) is 0. The van der Waals surface area contributed by atoms with Crippen LogP contribution in [0.1, 0.15) is 151 Å². The number of cyclic esters (lactones) is 1. The van der Waals surface area contributed by atoms with E-state index in [1.54, 1.807) is 84.1 Å². The Bertz CT molecular complexity index is 3110. The highest BCUT2D eigenvalue weighted by molar-refractivity contribution is 6.12.